The molecule has 0 amide bonds. The van der Waals surface area contributed by atoms with Crippen molar-refractivity contribution >= 4 is 5.97 Å². The van der Waals surface area contributed by atoms with Crippen molar-refractivity contribution in [3.05, 3.63) is 0 Å². The lowest BCUT2D eigenvalue weighted by Gasteiger charge is -2.32. The van der Waals surface area contributed by atoms with Gasteiger partial charge in [-0.25, -0.2) is 0 Å². The highest BCUT2D eigenvalue weighted by molar-refractivity contribution is 5.72. The number of esters is 1. The number of methoxy groups -OCH3 is 1. The molecule has 2 fully saturated rings. The largest absolute Gasteiger partial charge is 0.469 e. The fourth-order valence-electron chi connectivity index (χ4n) is 3.01. The average molecular weight is 255 g/mol. The van der Waals surface area contributed by atoms with Gasteiger partial charge in [0.1, 0.15) is 0 Å². The van der Waals surface area contributed by atoms with Crippen molar-refractivity contribution in [3.8, 4) is 0 Å². The van der Waals surface area contributed by atoms with Crippen LogP contribution in [-0.4, -0.2) is 49.3 Å². The van der Waals surface area contributed by atoms with E-state index in [4.69, 9.17) is 9.47 Å². The van der Waals surface area contributed by atoms with Crippen LogP contribution in [-0.2, 0) is 14.3 Å². The predicted octanol–water partition coefficient (Wildman–Crippen LogP) is 1.83. The van der Waals surface area contributed by atoms with Gasteiger partial charge in [-0.05, 0) is 52.6 Å². The Hall–Kier alpha value is -0.610. The zero-order valence-electron chi connectivity index (χ0n) is 11.8. The predicted molar refractivity (Wildman–Crippen MR) is 69.4 cm³/mol. The molecule has 0 saturated carbocycles. The highest BCUT2D eigenvalue weighted by atomic mass is 16.5. The van der Waals surface area contributed by atoms with Crippen molar-refractivity contribution < 1.29 is 14.3 Å². The Morgan fingerprint density at radius 3 is 2.50 bits per heavy atom. The minimum atomic E-state index is -0.0482. The maximum atomic E-state index is 11.4. The quantitative estimate of drug-likeness (QED) is 0.721. The van der Waals surface area contributed by atoms with Gasteiger partial charge in [0, 0.05) is 6.54 Å². The van der Waals surface area contributed by atoms with Crippen LogP contribution in [0.25, 0.3) is 0 Å². The molecule has 0 radical (unpaired) electrons. The van der Waals surface area contributed by atoms with Gasteiger partial charge in [0.25, 0.3) is 0 Å². The molecule has 0 aromatic carbocycles. The molecule has 4 heteroatoms. The summed E-state index contributed by atoms with van der Waals surface area (Å²) in [5, 5.41) is 0. The van der Waals surface area contributed by atoms with E-state index in [1.54, 1.807) is 0 Å². The van der Waals surface area contributed by atoms with Crippen molar-refractivity contribution in [2.45, 2.75) is 51.2 Å². The van der Waals surface area contributed by atoms with E-state index in [-0.39, 0.29) is 17.5 Å². The molecule has 1 atom stereocenters. The number of rotatable bonds is 3. The van der Waals surface area contributed by atoms with Crippen LogP contribution in [0.4, 0.5) is 0 Å². The van der Waals surface area contributed by atoms with Gasteiger partial charge in [-0.1, -0.05) is 0 Å². The molecule has 0 aromatic rings. The number of carbonyl (C=O) groups excluding carboxylic acids is 1. The highest BCUT2D eigenvalue weighted by Crippen LogP contribution is 2.30. The Labute approximate surface area is 110 Å². The summed E-state index contributed by atoms with van der Waals surface area (Å²) in [6.45, 7) is 7.31. The first-order chi connectivity index (χ1) is 8.50. The van der Waals surface area contributed by atoms with Crippen molar-refractivity contribution in [3.63, 3.8) is 0 Å². The molecule has 2 heterocycles. The van der Waals surface area contributed by atoms with Crippen LogP contribution in [0.2, 0.25) is 0 Å². The Kier molecular flexibility index (Phi) is 4.28. The van der Waals surface area contributed by atoms with Crippen LogP contribution in [0.1, 0.15) is 39.5 Å². The summed E-state index contributed by atoms with van der Waals surface area (Å²) in [5.41, 5.74) is 0.0506. The van der Waals surface area contributed by atoms with Gasteiger partial charge in [0.2, 0.25) is 0 Å². The van der Waals surface area contributed by atoms with E-state index in [1.165, 1.54) is 7.11 Å². The first-order valence-electron chi connectivity index (χ1n) is 6.98. The molecule has 0 aliphatic carbocycles. The SMILES string of the molecule is COC(=O)C1CCN(CC2CCC(C)(C)O2)CC1. The molecular weight excluding hydrogens is 230 g/mol. The maximum absolute atomic E-state index is 11.4. The Morgan fingerprint density at radius 1 is 1.33 bits per heavy atom. The van der Waals surface area contributed by atoms with Crippen LogP contribution in [0.15, 0.2) is 0 Å². The number of hydrogen-bond donors (Lipinski definition) is 0. The third kappa shape index (κ3) is 3.45. The molecule has 2 aliphatic rings. The van der Waals surface area contributed by atoms with Crippen molar-refractivity contribution in [2.75, 3.05) is 26.7 Å². The Bertz CT molecular complexity index is 295. The highest BCUT2D eigenvalue weighted by Gasteiger charge is 2.34. The van der Waals surface area contributed by atoms with E-state index < -0.39 is 0 Å². The second-order valence-electron chi connectivity index (χ2n) is 6.14. The molecule has 104 valence electrons. The smallest absolute Gasteiger partial charge is 0.308 e. The standard InChI is InChI=1S/C14H25NO3/c1-14(2)7-4-12(18-14)10-15-8-5-11(6-9-15)13(16)17-3/h11-12H,4-10H2,1-3H3. The van der Waals surface area contributed by atoms with Gasteiger partial charge < -0.3 is 14.4 Å². The average Bonchev–Trinajstić information content (AvgIpc) is 2.68. The zero-order chi connectivity index (χ0) is 13.2. The Balaban J connectivity index is 1.73. The van der Waals surface area contributed by atoms with Gasteiger partial charge in [-0.2, -0.15) is 0 Å². The van der Waals surface area contributed by atoms with Gasteiger partial charge in [0.15, 0.2) is 0 Å². The molecule has 1 unspecified atom stereocenters. The van der Waals surface area contributed by atoms with Crippen molar-refractivity contribution in [1.82, 2.24) is 4.90 Å². The van der Waals surface area contributed by atoms with Crippen LogP contribution in [0.3, 0.4) is 0 Å². The van der Waals surface area contributed by atoms with Gasteiger partial charge >= 0.3 is 5.97 Å². The van der Waals surface area contributed by atoms with Crippen LogP contribution in [0, 0.1) is 5.92 Å². The lowest BCUT2D eigenvalue weighted by atomic mass is 9.96. The summed E-state index contributed by atoms with van der Waals surface area (Å²) >= 11 is 0. The van der Waals surface area contributed by atoms with E-state index in [0.717, 1.165) is 45.3 Å². The molecule has 0 bridgehead atoms. The summed E-state index contributed by atoms with van der Waals surface area (Å²) in [6, 6.07) is 0. The second-order valence-corrected chi connectivity index (χ2v) is 6.14. The summed E-state index contributed by atoms with van der Waals surface area (Å²) in [4.78, 5) is 13.9. The van der Waals surface area contributed by atoms with Gasteiger partial charge in [-0.3, -0.25) is 4.79 Å². The van der Waals surface area contributed by atoms with E-state index in [0.29, 0.717) is 6.10 Å². The van der Waals surface area contributed by atoms with Crippen LogP contribution in [0.5, 0.6) is 0 Å². The maximum Gasteiger partial charge on any atom is 0.308 e. The number of carbonyl (C=O) groups is 1. The molecule has 0 N–H and O–H groups in total. The lowest BCUT2D eigenvalue weighted by Crippen LogP contribution is -2.41. The molecule has 18 heavy (non-hydrogen) atoms. The normalized spacial score (nSPS) is 29.4. The third-order valence-electron chi connectivity index (χ3n) is 4.14. The second kappa shape index (κ2) is 5.57. The molecule has 0 spiro atoms. The third-order valence-corrected chi connectivity index (χ3v) is 4.14. The van der Waals surface area contributed by atoms with Crippen molar-refractivity contribution in [2.24, 2.45) is 5.92 Å². The van der Waals surface area contributed by atoms with Crippen LogP contribution >= 0.6 is 0 Å². The van der Waals surface area contributed by atoms with E-state index in [9.17, 15) is 4.79 Å². The van der Waals surface area contributed by atoms with Gasteiger partial charge in [0.05, 0.1) is 24.7 Å². The summed E-state index contributed by atoms with van der Waals surface area (Å²) in [5.74, 6) is 0.0556. The number of piperidine rings is 1. The minimum Gasteiger partial charge on any atom is -0.469 e. The fourth-order valence-corrected chi connectivity index (χ4v) is 3.01. The molecule has 4 nitrogen and oxygen atoms in total. The number of likely N-dealkylation sites (tertiary alicyclic amines) is 1. The zero-order valence-corrected chi connectivity index (χ0v) is 11.8. The lowest BCUT2D eigenvalue weighted by molar-refractivity contribution is -0.147. The fraction of sp³-hybridized carbons (Fsp3) is 0.929. The molecule has 2 rings (SSSR count). The first kappa shape index (κ1) is 13.8. The monoisotopic (exact) mass is 255 g/mol. The molecule has 0 aromatic heterocycles. The summed E-state index contributed by atoms with van der Waals surface area (Å²) < 4.78 is 10.8. The summed E-state index contributed by atoms with van der Waals surface area (Å²) in [7, 11) is 1.48. The van der Waals surface area contributed by atoms with Crippen molar-refractivity contribution in [1.29, 1.82) is 0 Å². The molecule has 2 saturated heterocycles. The summed E-state index contributed by atoms with van der Waals surface area (Å²) in [6.07, 6.45) is 4.51. The molecule has 2 aliphatic heterocycles. The van der Waals surface area contributed by atoms with Crippen LogP contribution < -0.4 is 0 Å². The number of hydrogen-bond acceptors (Lipinski definition) is 4. The molecular formula is C14H25NO3. The minimum absolute atomic E-state index is 0.0482. The first-order valence-corrected chi connectivity index (χ1v) is 6.98. The topological polar surface area (TPSA) is 38.8 Å². The van der Waals surface area contributed by atoms with E-state index in [2.05, 4.69) is 18.7 Å². The van der Waals surface area contributed by atoms with E-state index in [1.807, 2.05) is 0 Å². The van der Waals surface area contributed by atoms with E-state index >= 15 is 0 Å². The van der Waals surface area contributed by atoms with Gasteiger partial charge in [-0.15, -0.1) is 0 Å². The number of nitrogens with zero attached hydrogens (tertiary/aromatic N) is 1. The Morgan fingerprint density at radius 2 is 2.00 bits per heavy atom. The number of ether oxygens (including phenoxy) is 2.